The van der Waals surface area contributed by atoms with Gasteiger partial charge >= 0.3 is 0 Å². The molecule has 2 rings (SSSR count). The molecule has 1 aliphatic rings. The van der Waals surface area contributed by atoms with Gasteiger partial charge in [0.15, 0.2) is 0 Å². The monoisotopic (exact) mass is 195 g/mol. The van der Waals surface area contributed by atoms with Gasteiger partial charge in [0.05, 0.1) is 6.67 Å². The van der Waals surface area contributed by atoms with Gasteiger partial charge in [-0.3, -0.25) is 14.6 Å². The van der Waals surface area contributed by atoms with E-state index in [9.17, 15) is 9.59 Å². The molecule has 0 saturated carbocycles. The first-order valence-corrected chi connectivity index (χ1v) is 3.98. The summed E-state index contributed by atoms with van der Waals surface area (Å²) >= 11 is 0. The fourth-order valence-electron chi connectivity index (χ4n) is 1.38. The molecule has 0 radical (unpaired) electrons. The molecule has 4 N–H and O–H groups in total. The summed E-state index contributed by atoms with van der Waals surface area (Å²) in [6.07, 6.45) is 0. The van der Waals surface area contributed by atoms with E-state index in [-0.39, 0.29) is 17.3 Å². The van der Waals surface area contributed by atoms with Crippen molar-refractivity contribution in [1.29, 1.82) is 0 Å². The molecule has 1 aromatic heterocycles. The molecule has 0 spiro atoms. The van der Waals surface area contributed by atoms with Gasteiger partial charge in [0, 0.05) is 7.05 Å². The Morgan fingerprint density at radius 3 is 2.93 bits per heavy atom. The van der Waals surface area contributed by atoms with Crippen LogP contribution in [-0.2, 0) is 0 Å². The lowest BCUT2D eigenvalue weighted by Gasteiger charge is -2.06. The molecule has 0 saturated heterocycles. The molecular weight excluding hydrogens is 186 g/mol. The molecule has 0 fully saturated rings. The summed E-state index contributed by atoms with van der Waals surface area (Å²) in [6, 6.07) is 0. The average molecular weight is 195 g/mol. The fourth-order valence-corrected chi connectivity index (χ4v) is 1.38. The highest BCUT2D eigenvalue weighted by Gasteiger charge is 2.21. The molecule has 7 nitrogen and oxygen atoms in total. The van der Waals surface area contributed by atoms with Gasteiger partial charge in [-0.25, -0.2) is 0 Å². The number of anilines is 3. The molecule has 1 aliphatic heterocycles. The number of nitrogens with zero attached hydrogens (tertiary/aromatic N) is 2. The van der Waals surface area contributed by atoms with Crippen LogP contribution in [0.25, 0.3) is 0 Å². The lowest BCUT2D eigenvalue weighted by atomic mass is 10.4. The van der Waals surface area contributed by atoms with E-state index < -0.39 is 11.1 Å². The molecule has 0 aromatic carbocycles. The first-order valence-electron chi connectivity index (χ1n) is 3.98. The summed E-state index contributed by atoms with van der Waals surface area (Å²) in [7, 11) is 1.70. The zero-order valence-corrected chi connectivity index (χ0v) is 7.50. The van der Waals surface area contributed by atoms with E-state index in [1.54, 1.807) is 11.9 Å². The molecular formula is C7H9N5O2. The fraction of sp³-hybridized carbons (Fsp3) is 0.286. The molecule has 0 aliphatic carbocycles. The molecule has 0 amide bonds. The standard InChI is InChI=1S/C7H9N5O2/c1-12-2-9-3-4(12)6(14)11-7(8)10-5(3)13/h9H,2H2,1H3,(H3,8,10,11,13,14). The van der Waals surface area contributed by atoms with Gasteiger partial charge in [0.1, 0.15) is 11.4 Å². The molecule has 0 atom stereocenters. The van der Waals surface area contributed by atoms with Gasteiger partial charge in [-0.05, 0) is 0 Å². The number of fused-ring (bicyclic) bond motifs is 1. The third-order valence-electron chi connectivity index (χ3n) is 2.00. The van der Waals surface area contributed by atoms with Crippen molar-refractivity contribution in [2.45, 2.75) is 0 Å². The minimum Gasteiger partial charge on any atom is -0.369 e. The highest BCUT2D eigenvalue weighted by Crippen LogP contribution is 2.20. The van der Waals surface area contributed by atoms with Gasteiger partial charge < -0.3 is 16.0 Å². The van der Waals surface area contributed by atoms with E-state index in [2.05, 4.69) is 15.3 Å². The Hall–Kier alpha value is -2.05. The van der Waals surface area contributed by atoms with E-state index in [0.717, 1.165) is 0 Å². The number of hydrogen-bond acceptors (Lipinski definition) is 6. The van der Waals surface area contributed by atoms with Crippen molar-refractivity contribution in [3.63, 3.8) is 0 Å². The number of nitrogen functional groups attached to an aromatic ring is 1. The van der Waals surface area contributed by atoms with Crippen LogP contribution in [0.4, 0.5) is 17.3 Å². The zero-order valence-electron chi connectivity index (χ0n) is 7.50. The Balaban J connectivity index is 2.90. The lowest BCUT2D eigenvalue weighted by molar-refractivity contribution is 1.01. The van der Waals surface area contributed by atoms with Crippen molar-refractivity contribution in [3.05, 3.63) is 20.7 Å². The zero-order chi connectivity index (χ0) is 10.3. The number of aromatic nitrogens is 2. The van der Waals surface area contributed by atoms with E-state index in [1.165, 1.54) is 0 Å². The smallest absolute Gasteiger partial charge is 0.298 e. The molecule has 1 aromatic rings. The van der Waals surface area contributed by atoms with Crippen molar-refractivity contribution >= 4 is 17.3 Å². The third kappa shape index (κ3) is 1.10. The van der Waals surface area contributed by atoms with Gasteiger partial charge in [0.25, 0.3) is 11.1 Å². The summed E-state index contributed by atoms with van der Waals surface area (Å²) < 4.78 is 0. The highest BCUT2D eigenvalue weighted by molar-refractivity contribution is 5.72. The van der Waals surface area contributed by atoms with Crippen LogP contribution < -0.4 is 27.1 Å². The Kier molecular flexibility index (Phi) is 1.66. The Morgan fingerprint density at radius 1 is 1.50 bits per heavy atom. The normalized spacial score (nSPS) is 13.6. The maximum atomic E-state index is 11.5. The predicted molar refractivity (Wildman–Crippen MR) is 52.4 cm³/mol. The van der Waals surface area contributed by atoms with Gasteiger partial charge in [-0.2, -0.15) is 4.98 Å². The number of hydrogen-bond donors (Lipinski definition) is 3. The second-order valence-corrected chi connectivity index (χ2v) is 3.01. The number of H-pyrrole nitrogens is 1. The van der Waals surface area contributed by atoms with Crippen molar-refractivity contribution in [2.24, 2.45) is 0 Å². The van der Waals surface area contributed by atoms with Crippen LogP contribution in [0, 0.1) is 0 Å². The topological polar surface area (TPSA) is 104 Å². The Morgan fingerprint density at radius 2 is 2.21 bits per heavy atom. The maximum Gasteiger partial charge on any atom is 0.298 e. The number of rotatable bonds is 0. The van der Waals surface area contributed by atoms with E-state index in [4.69, 9.17) is 5.73 Å². The van der Waals surface area contributed by atoms with Crippen LogP contribution in [-0.4, -0.2) is 23.7 Å². The summed E-state index contributed by atoms with van der Waals surface area (Å²) in [5.74, 6) is -0.176. The molecule has 14 heavy (non-hydrogen) atoms. The van der Waals surface area contributed by atoms with Crippen LogP contribution in [0.5, 0.6) is 0 Å². The first-order chi connectivity index (χ1) is 6.59. The first kappa shape index (κ1) is 8.54. The Bertz CT molecular complexity index is 494. The van der Waals surface area contributed by atoms with Crippen LogP contribution in [0.1, 0.15) is 0 Å². The molecule has 7 heteroatoms. The Labute approximate surface area is 78.6 Å². The highest BCUT2D eigenvalue weighted by atomic mass is 16.1. The number of nitrogens with two attached hydrogens (primary N) is 1. The number of aromatic amines is 1. The SMILES string of the molecule is CN1CNc2c1c(=O)[nH]c(N)nc2=O. The van der Waals surface area contributed by atoms with E-state index >= 15 is 0 Å². The summed E-state index contributed by atoms with van der Waals surface area (Å²) in [6.45, 7) is 0.416. The van der Waals surface area contributed by atoms with Crippen molar-refractivity contribution < 1.29 is 0 Å². The van der Waals surface area contributed by atoms with E-state index in [1.807, 2.05) is 0 Å². The molecule has 2 heterocycles. The van der Waals surface area contributed by atoms with Gasteiger partial charge in [-0.15, -0.1) is 0 Å². The summed E-state index contributed by atoms with van der Waals surface area (Å²) in [5.41, 5.74) is 4.82. The second-order valence-electron chi connectivity index (χ2n) is 3.01. The van der Waals surface area contributed by atoms with Crippen molar-refractivity contribution in [2.75, 3.05) is 29.7 Å². The van der Waals surface area contributed by atoms with Crippen molar-refractivity contribution in [1.82, 2.24) is 9.97 Å². The van der Waals surface area contributed by atoms with Crippen LogP contribution in [0.3, 0.4) is 0 Å². The van der Waals surface area contributed by atoms with Crippen LogP contribution in [0.15, 0.2) is 9.59 Å². The predicted octanol–water partition coefficient (Wildman–Crippen LogP) is -1.47. The third-order valence-corrected chi connectivity index (χ3v) is 2.00. The summed E-state index contributed by atoms with van der Waals surface area (Å²) in [4.78, 5) is 30.3. The van der Waals surface area contributed by atoms with E-state index in [0.29, 0.717) is 6.67 Å². The quantitative estimate of drug-likeness (QED) is 0.467. The minimum absolute atomic E-state index is 0.176. The molecule has 0 bridgehead atoms. The summed E-state index contributed by atoms with van der Waals surface area (Å²) in [5, 5.41) is 2.78. The van der Waals surface area contributed by atoms with Gasteiger partial charge in [-0.1, -0.05) is 0 Å². The molecule has 0 unspecified atom stereocenters. The number of nitrogens with one attached hydrogen (secondary N) is 2. The van der Waals surface area contributed by atoms with Crippen LogP contribution in [0.2, 0.25) is 0 Å². The second kappa shape index (κ2) is 2.72. The molecule has 74 valence electrons. The average Bonchev–Trinajstić information content (AvgIpc) is 2.41. The lowest BCUT2D eigenvalue weighted by Crippen LogP contribution is -2.22. The van der Waals surface area contributed by atoms with Crippen molar-refractivity contribution in [3.8, 4) is 0 Å². The van der Waals surface area contributed by atoms with Crippen LogP contribution >= 0.6 is 0 Å². The maximum absolute atomic E-state index is 11.5. The van der Waals surface area contributed by atoms with Gasteiger partial charge in [0.2, 0.25) is 5.95 Å². The minimum atomic E-state index is -0.528. The largest absolute Gasteiger partial charge is 0.369 e.